The van der Waals surface area contributed by atoms with E-state index in [0.717, 1.165) is 16.8 Å². The van der Waals surface area contributed by atoms with Gasteiger partial charge in [-0.15, -0.1) is 0 Å². The molecule has 0 aromatic heterocycles. The maximum Gasteiger partial charge on any atom is 0.119 e. The lowest BCUT2D eigenvalue weighted by molar-refractivity contribution is 0.363. The largest absolute Gasteiger partial charge is 0.490 e. The van der Waals surface area contributed by atoms with Crippen LogP contribution in [0.2, 0.25) is 0 Å². The lowest BCUT2D eigenvalue weighted by atomic mass is 10.1. The second kappa shape index (κ2) is 8.01. The first-order valence-electron chi connectivity index (χ1n) is 7.00. The number of hydrogen-bond acceptors (Lipinski definition) is 2. The van der Waals surface area contributed by atoms with Gasteiger partial charge in [-0.2, -0.15) is 0 Å². The number of halogens is 1. The third-order valence-electron chi connectivity index (χ3n) is 3.27. The van der Waals surface area contributed by atoms with Gasteiger partial charge in [-0.05, 0) is 42.3 Å². The van der Waals surface area contributed by atoms with Gasteiger partial charge in [0, 0.05) is 17.1 Å². The summed E-state index contributed by atoms with van der Waals surface area (Å²) in [5, 5.41) is 3.52. The summed E-state index contributed by atoms with van der Waals surface area (Å²) in [6.45, 7) is 7.18. The van der Waals surface area contributed by atoms with E-state index in [-0.39, 0.29) is 0 Å². The summed E-state index contributed by atoms with van der Waals surface area (Å²) in [6.07, 6.45) is 1.75. The van der Waals surface area contributed by atoms with E-state index in [1.807, 2.05) is 12.1 Å². The van der Waals surface area contributed by atoms with Crippen molar-refractivity contribution >= 4 is 15.9 Å². The molecule has 0 radical (unpaired) electrons. The van der Waals surface area contributed by atoms with Crippen molar-refractivity contribution in [1.82, 2.24) is 5.32 Å². The topological polar surface area (TPSA) is 21.3 Å². The van der Waals surface area contributed by atoms with E-state index < -0.39 is 0 Å². The van der Waals surface area contributed by atoms with Crippen LogP contribution in [0.3, 0.4) is 0 Å². The minimum Gasteiger partial charge on any atom is -0.490 e. The molecule has 0 saturated carbocycles. The average Bonchev–Trinajstić information content (AvgIpc) is 2.52. The maximum absolute atomic E-state index is 5.47. The molecular formula is C18H20BrNO. The molecule has 0 bridgehead atoms. The van der Waals surface area contributed by atoms with Crippen molar-refractivity contribution in [2.24, 2.45) is 0 Å². The molecular weight excluding hydrogens is 326 g/mol. The number of rotatable bonds is 7. The van der Waals surface area contributed by atoms with Crippen molar-refractivity contribution in [2.45, 2.75) is 19.5 Å². The van der Waals surface area contributed by atoms with Gasteiger partial charge in [-0.1, -0.05) is 52.9 Å². The van der Waals surface area contributed by atoms with Crippen molar-refractivity contribution in [3.05, 3.63) is 76.8 Å². The van der Waals surface area contributed by atoms with Gasteiger partial charge in [-0.3, -0.25) is 0 Å². The average molecular weight is 346 g/mol. The molecule has 2 rings (SSSR count). The normalized spacial score (nSPS) is 11.9. The van der Waals surface area contributed by atoms with E-state index in [2.05, 4.69) is 71.1 Å². The van der Waals surface area contributed by atoms with E-state index >= 15 is 0 Å². The van der Waals surface area contributed by atoms with Crippen LogP contribution in [0.15, 0.2) is 65.7 Å². The first-order chi connectivity index (χ1) is 10.2. The minimum atomic E-state index is 0.315. The van der Waals surface area contributed by atoms with Crippen LogP contribution in [0, 0.1) is 0 Å². The van der Waals surface area contributed by atoms with Gasteiger partial charge in [0.15, 0.2) is 0 Å². The van der Waals surface area contributed by atoms with Crippen LogP contribution in [0.5, 0.6) is 5.75 Å². The Bertz CT molecular complexity index is 563. The molecule has 0 saturated heterocycles. The molecule has 2 aromatic rings. The summed E-state index contributed by atoms with van der Waals surface area (Å²) in [7, 11) is 0. The summed E-state index contributed by atoms with van der Waals surface area (Å²) < 4.78 is 6.58. The Balaban J connectivity index is 1.87. The van der Waals surface area contributed by atoms with Gasteiger partial charge in [0.25, 0.3) is 0 Å². The van der Waals surface area contributed by atoms with Crippen molar-refractivity contribution < 1.29 is 4.74 Å². The fourth-order valence-corrected chi connectivity index (χ4v) is 2.26. The first kappa shape index (κ1) is 15.8. The third-order valence-corrected chi connectivity index (χ3v) is 3.80. The number of benzene rings is 2. The Morgan fingerprint density at radius 1 is 1.14 bits per heavy atom. The highest BCUT2D eigenvalue weighted by atomic mass is 79.9. The summed E-state index contributed by atoms with van der Waals surface area (Å²) >= 11 is 3.46. The molecule has 0 aliphatic rings. The first-order valence-corrected chi connectivity index (χ1v) is 7.80. The lowest BCUT2D eigenvalue weighted by Gasteiger charge is -2.14. The van der Waals surface area contributed by atoms with Crippen LogP contribution in [-0.4, -0.2) is 6.61 Å². The Kier molecular flexibility index (Phi) is 6.03. The van der Waals surface area contributed by atoms with Gasteiger partial charge in [0.2, 0.25) is 0 Å². The quantitative estimate of drug-likeness (QED) is 0.723. The predicted octanol–water partition coefficient (Wildman–Crippen LogP) is 4.86. The molecule has 0 aliphatic carbocycles. The molecule has 21 heavy (non-hydrogen) atoms. The van der Waals surface area contributed by atoms with Gasteiger partial charge >= 0.3 is 0 Å². The Hall–Kier alpha value is -1.58. The van der Waals surface area contributed by atoms with Crippen molar-refractivity contribution in [1.29, 1.82) is 0 Å². The molecule has 0 spiro atoms. The molecule has 0 unspecified atom stereocenters. The van der Waals surface area contributed by atoms with E-state index in [1.54, 1.807) is 6.08 Å². The molecule has 3 heteroatoms. The number of ether oxygens (including phenoxy) is 1. The summed E-state index contributed by atoms with van der Waals surface area (Å²) in [5.74, 6) is 0.875. The van der Waals surface area contributed by atoms with E-state index in [9.17, 15) is 0 Å². The van der Waals surface area contributed by atoms with Crippen LogP contribution >= 0.6 is 15.9 Å². The van der Waals surface area contributed by atoms with E-state index in [0.29, 0.717) is 12.6 Å². The SMILES string of the molecule is C=CCOc1ccc(CN[C@@H](C)c2ccc(Br)cc2)cc1. The van der Waals surface area contributed by atoms with E-state index in [4.69, 9.17) is 4.74 Å². The van der Waals surface area contributed by atoms with Gasteiger partial charge < -0.3 is 10.1 Å². The number of nitrogens with one attached hydrogen (secondary N) is 1. The standard InChI is InChI=1S/C18H20BrNO/c1-3-12-21-18-10-4-15(5-11-18)13-20-14(2)16-6-8-17(19)9-7-16/h3-11,14,20H,1,12-13H2,2H3/t14-/m0/s1. The highest BCUT2D eigenvalue weighted by Crippen LogP contribution is 2.17. The lowest BCUT2D eigenvalue weighted by Crippen LogP contribution is -2.17. The second-order valence-electron chi connectivity index (χ2n) is 4.90. The monoisotopic (exact) mass is 345 g/mol. The molecule has 1 atom stereocenters. The Morgan fingerprint density at radius 3 is 2.43 bits per heavy atom. The molecule has 0 heterocycles. The van der Waals surface area contributed by atoms with Crippen molar-refractivity contribution in [3.8, 4) is 5.75 Å². The van der Waals surface area contributed by atoms with E-state index in [1.165, 1.54) is 11.1 Å². The van der Waals surface area contributed by atoms with Gasteiger partial charge in [0.1, 0.15) is 12.4 Å². The zero-order chi connectivity index (χ0) is 15.1. The Labute approximate surface area is 135 Å². The molecule has 2 aromatic carbocycles. The zero-order valence-corrected chi connectivity index (χ0v) is 13.8. The minimum absolute atomic E-state index is 0.315. The number of hydrogen-bond donors (Lipinski definition) is 1. The summed E-state index contributed by atoms with van der Waals surface area (Å²) in [5.41, 5.74) is 2.52. The molecule has 0 fully saturated rings. The highest BCUT2D eigenvalue weighted by Gasteiger charge is 2.04. The van der Waals surface area contributed by atoms with Crippen molar-refractivity contribution in [2.75, 3.05) is 6.61 Å². The molecule has 0 amide bonds. The van der Waals surface area contributed by atoms with Crippen LogP contribution in [0.25, 0.3) is 0 Å². The van der Waals surface area contributed by atoms with Crippen molar-refractivity contribution in [3.63, 3.8) is 0 Å². The van der Waals surface area contributed by atoms with Crippen LogP contribution in [0.1, 0.15) is 24.1 Å². The van der Waals surface area contributed by atoms with Crippen LogP contribution in [-0.2, 0) is 6.54 Å². The molecule has 110 valence electrons. The van der Waals surface area contributed by atoms with Gasteiger partial charge in [0.05, 0.1) is 0 Å². The maximum atomic E-state index is 5.47. The summed E-state index contributed by atoms with van der Waals surface area (Å²) in [6, 6.07) is 16.9. The fraction of sp³-hybridized carbons (Fsp3) is 0.222. The second-order valence-corrected chi connectivity index (χ2v) is 5.81. The molecule has 0 aliphatic heterocycles. The molecule has 1 N–H and O–H groups in total. The molecule has 2 nitrogen and oxygen atoms in total. The van der Waals surface area contributed by atoms with Crippen LogP contribution in [0.4, 0.5) is 0 Å². The Morgan fingerprint density at radius 2 is 1.81 bits per heavy atom. The third kappa shape index (κ3) is 5.03. The van der Waals surface area contributed by atoms with Gasteiger partial charge in [-0.25, -0.2) is 0 Å². The fourth-order valence-electron chi connectivity index (χ4n) is 2.00. The highest BCUT2D eigenvalue weighted by molar-refractivity contribution is 9.10. The summed E-state index contributed by atoms with van der Waals surface area (Å²) in [4.78, 5) is 0. The smallest absolute Gasteiger partial charge is 0.119 e. The zero-order valence-electron chi connectivity index (χ0n) is 12.2. The predicted molar refractivity (Wildman–Crippen MR) is 91.5 cm³/mol. The van der Waals surface area contributed by atoms with Crippen LogP contribution < -0.4 is 10.1 Å².